The average molecular weight is 862 g/mol. The van der Waals surface area contributed by atoms with Gasteiger partial charge in [-0.2, -0.15) is 0 Å². The van der Waals surface area contributed by atoms with Crippen LogP contribution < -0.4 is 0 Å². The Morgan fingerprint density at radius 2 is 0.571 bits per heavy atom. The minimum absolute atomic E-state index is 2.23. The van der Waals surface area contributed by atoms with Crippen molar-refractivity contribution in [3.05, 3.63) is 0 Å². The van der Waals surface area contributed by atoms with E-state index in [4.69, 9.17) is 0 Å². The van der Waals surface area contributed by atoms with E-state index in [1.807, 2.05) is 0 Å². The fourth-order valence-corrected chi connectivity index (χ4v) is 0. The van der Waals surface area contributed by atoms with Crippen LogP contribution in [0.4, 0.5) is 0 Å². The zero-order valence-corrected chi connectivity index (χ0v) is 17.3. The van der Waals surface area contributed by atoms with Gasteiger partial charge in [0.2, 0.25) is 0 Å². The molecule has 0 saturated heterocycles. The van der Waals surface area contributed by atoms with E-state index in [-0.39, 0.29) is 0 Å². The fourth-order valence-electron chi connectivity index (χ4n) is 0. The van der Waals surface area contributed by atoms with Crippen LogP contribution in [0, 0.1) is 0 Å². The molecule has 0 spiro atoms. The maximum atomic E-state index is 2.56. The molecule has 0 aliphatic rings. The van der Waals surface area contributed by atoms with Crippen molar-refractivity contribution in [2.45, 2.75) is 0 Å². The zero-order chi connectivity index (χ0) is 6.41. The number of hydrogen-bond acceptors (Lipinski definition) is 0. The summed E-state index contributed by atoms with van der Waals surface area (Å²) in [5.74, 6) is 0. The van der Waals surface area contributed by atoms with Gasteiger partial charge in [0.15, 0.2) is 0 Å². The van der Waals surface area contributed by atoms with Crippen LogP contribution >= 0.6 is 119 Å². The second-order valence-corrected chi connectivity index (χ2v) is 202. The van der Waals surface area contributed by atoms with E-state index < -0.39 is -8.66 Å². The molecule has 0 heterocycles. The molecule has 0 aromatic rings. The van der Waals surface area contributed by atoms with Gasteiger partial charge >= 0.3 is 110 Å². The second kappa shape index (κ2) is 2.75. The van der Waals surface area contributed by atoms with Crippen LogP contribution in [-0.4, -0.2) is 0 Å². The Balaban J connectivity index is 4.43. The molecule has 0 aliphatic carbocycles. The first-order valence-electron chi connectivity index (χ1n) is 0.802. The minimum atomic E-state index is -2.23. The number of rotatable bonds is 0. The van der Waals surface area contributed by atoms with E-state index >= 15 is 0 Å². The molecule has 0 aliphatic heterocycles. The summed E-state index contributed by atoms with van der Waals surface area (Å²) in [4.78, 5) is 0. The topological polar surface area (TPSA) is 0 Å². The van der Waals surface area contributed by atoms with Gasteiger partial charge in [-0.25, -0.2) is 0 Å². The molecule has 0 rings (SSSR count). The van der Waals surface area contributed by atoms with Crippen LogP contribution in [0.1, 0.15) is 0 Å². The predicted octanol–water partition coefficient (Wildman–Crippen LogP) is 5.31. The van der Waals surface area contributed by atoms with Crippen molar-refractivity contribution < 1.29 is -8.66 Å². The summed E-state index contributed by atoms with van der Waals surface area (Å²) in [6.45, 7) is 0. The monoisotopic (exact) mass is 863 g/mol. The first-order valence-corrected chi connectivity index (χ1v) is 31.8. The first kappa shape index (κ1) is 12.0. The average Bonchev–Trinajstić information content (AvgIpc) is 0.592. The third-order valence-corrected chi connectivity index (χ3v) is 0. The van der Waals surface area contributed by atoms with Crippen LogP contribution in [0.25, 0.3) is 0 Å². The van der Waals surface area contributed by atoms with Gasteiger partial charge < -0.3 is 0 Å². The Hall–Kier alpha value is 5.00. The molecule has 0 aromatic carbocycles. The van der Waals surface area contributed by atoms with Gasteiger partial charge in [0, 0.05) is 0 Å². The summed E-state index contributed by atoms with van der Waals surface area (Å²) in [5.41, 5.74) is 0. The van der Waals surface area contributed by atoms with Crippen molar-refractivity contribution in [3.63, 3.8) is 0 Å². The van der Waals surface area contributed by atoms with E-state index in [0.29, 0.717) is 0 Å². The van der Waals surface area contributed by atoms with Gasteiger partial charge in [-0.3, -0.25) is 0 Å². The van der Waals surface area contributed by atoms with Crippen LogP contribution in [0.5, 0.6) is 0 Å². The molecule has 7 heteroatoms. The summed E-state index contributed by atoms with van der Waals surface area (Å²) < 4.78 is -2.23. The van der Waals surface area contributed by atoms with Gasteiger partial charge in [-0.05, 0) is 0 Å². The maximum absolute atomic E-state index is 2.56. The first-order chi connectivity index (χ1) is 2.45. The molecule has 0 atom stereocenters. The second-order valence-electron chi connectivity index (χ2n) is 0.758. The van der Waals surface area contributed by atoms with Crippen LogP contribution in [-0.2, 0) is -8.66 Å². The van der Waals surface area contributed by atoms with Crippen molar-refractivity contribution >= 4 is 119 Å². The Morgan fingerprint density at radius 3 is 0.571 bits per heavy atom. The molecular weight excluding hydrogens is 862 g/mol. The van der Waals surface area contributed by atoms with Crippen molar-refractivity contribution in [3.8, 4) is 0 Å². The van der Waals surface area contributed by atoms with Crippen LogP contribution in [0.2, 0.25) is 0 Å². The van der Waals surface area contributed by atoms with Gasteiger partial charge in [-0.1, -0.05) is 0 Å². The van der Waals surface area contributed by atoms with Gasteiger partial charge in [0.1, 0.15) is 0 Å². The number of hydrogen-bond donors (Lipinski definition) is 0. The fraction of sp³-hybridized carbons (Fsp3) is 0. The zero-order valence-electron chi connectivity index (χ0n) is 2.62. The van der Waals surface area contributed by atoms with E-state index in [0.717, 1.165) is 0 Å². The van der Waals surface area contributed by atoms with Crippen LogP contribution in [0.3, 0.4) is 0 Å². The standard InChI is InChI=1S/6HI.Ru/h6*1H;/q;;;;;;+6/p-6. The number of halogens is 6. The van der Waals surface area contributed by atoms with E-state index in [2.05, 4.69) is 119 Å². The molecule has 0 N–H and O–H groups in total. The molecule has 0 bridgehead atoms. The quantitative estimate of drug-likeness (QED) is 0.229. The summed E-state index contributed by atoms with van der Waals surface area (Å²) >= 11 is 15.3. The third kappa shape index (κ3) is 35.6. The van der Waals surface area contributed by atoms with Crippen molar-refractivity contribution in [1.29, 1.82) is 0 Å². The van der Waals surface area contributed by atoms with Crippen LogP contribution in [0.15, 0.2) is 0 Å². The normalized spacial score (nSPS) is 23.1. The van der Waals surface area contributed by atoms with Gasteiger partial charge in [0.25, 0.3) is 0 Å². The Labute approximate surface area is 106 Å². The molecule has 7 heavy (non-hydrogen) atoms. The van der Waals surface area contributed by atoms with Gasteiger partial charge in [-0.15, -0.1) is 0 Å². The van der Waals surface area contributed by atoms with Crippen molar-refractivity contribution in [2.24, 2.45) is 0 Å². The van der Waals surface area contributed by atoms with E-state index in [1.54, 1.807) is 0 Å². The summed E-state index contributed by atoms with van der Waals surface area (Å²) in [5, 5.41) is 0. The molecule has 0 amide bonds. The molecule has 0 unspecified atom stereocenters. The Bertz CT molecular complexity index is 62.7. The molecule has 50 valence electrons. The molecular formula is I6Ru. The molecule has 0 nitrogen and oxygen atoms in total. The molecule has 0 radical (unpaired) electrons. The summed E-state index contributed by atoms with van der Waals surface area (Å²) in [6, 6.07) is 0. The molecule has 0 aromatic heterocycles. The molecule has 0 fully saturated rings. The van der Waals surface area contributed by atoms with Crippen molar-refractivity contribution in [2.75, 3.05) is 0 Å². The SMILES string of the molecule is [I][Ru]([I])([I])([I])([I])[I]. The van der Waals surface area contributed by atoms with E-state index in [1.165, 1.54) is 0 Å². The van der Waals surface area contributed by atoms with E-state index in [9.17, 15) is 0 Å². The van der Waals surface area contributed by atoms with Crippen molar-refractivity contribution in [1.82, 2.24) is 0 Å². The summed E-state index contributed by atoms with van der Waals surface area (Å²) in [6.07, 6.45) is 0. The summed E-state index contributed by atoms with van der Waals surface area (Å²) in [7, 11) is 0. The third-order valence-electron chi connectivity index (χ3n) is 0. The van der Waals surface area contributed by atoms with Gasteiger partial charge in [0.05, 0.1) is 0 Å². The Kier molecular flexibility index (Phi) is 4.72. The molecule has 0 saturated carbocycles. The Morgan fingerprint density at radius 1 is 0.571 bits per heavy atom. The predicted molar refractivity (Wildman–Crippen MR) is 84.1 cm³/mol.